The van der Waals surface area contributed by atoms with Crippen molar-refractivity contribution in [2.75, 3.05) is 51.8 Å². The van der Waals surface area contributed by atoms with E-state index in [1.54, 1.807) is 29.7 Å². The highest BCUT2D eigenvalue weighted by Crippen LogP contribution is 2.37. The van der Waals surface area contributed by atoms with Gasteiger partial charge in [0.2, 0.25) is 10.0 Å². The number of hydrogen-bond acceptors (Lipinski definition) is 8. The van der Waals surface area contributed by atoms with Gasteiger partial charge in [-0.1, -0.05) is 6.07 Å². The fourth-order valence-corrected chi connectivity index (χ4v) is 6.11. The first kappa shape index (κ1) is 26.4. The van der Waals surface area contributed by atoms with E-state index >= 15 is 0 Å². The number of hydrogen-bond donors (Lipinski definition) is 0. The lowest BCUT2D eigenvalue weighted by Crippen LogP contribution is -2.46. The molecule has 0 bridgehead atoms. The molecule has 3 heterocycles. The fraction of sp³-hybridized carbons (Fsp3) is 0.393. The molecule has 2 aliphatic heterocycles. The smallest absolute Gasteiger partial charge is 0.243 e. The maximum atomic E-state index is 13.3. The van der Waals surface area contributed by atoms with Crippen molar-refractivity contribution in [3.05, 3.63) is 72.6 Å². The largest absolute Gasteiger partial charge is 0.493 e. The SMILES string of the molecule is COc1ccc(N(Cc2cccnc2)c2ccc(S(=O)(=O)N3CCN(C)CC3)cc2)cc1OC1CCCO1. The van der Waals surface area contributed by atoms with Crippen LogP contribution in [0, 0.1) is 0 Å². The molecule has 2 fully saturated rings. The van der Waals surface area contributed by atoms with E-state index in [0.717, 1.165) is 42.9 Å². The number of likely N-dealkylation sites (N-methyl/N-ethyl adjacent to an activating group) is 1. The first-order valence-electron chi connectivity index (χ1n) is 12.9. The van der Waals surface area contributed by atoms with Gasteiger partial charge in [-0.3, -0.25) is 4.98 Å². The zero-order chi connectivity index (χ0) is 26.5. The molecule has 38 heavy (non-hydrogen) atoms. The lowest BCUT2D eigenvalue weighted by molar-refractivity contribution is -0.0402. The normalized spacial score (nSPS) is 18.8. The van der Waals surface area contributed by atoms with Gasteiger partial charge in [-0.25, -0.2) is 8.42 Å². The van der Waals surface area contributed by atoms with Crippen LogP contribution >= 0.6 is 0 Å². The second kappa shape index (κ2) is 11.7. The number of rotatable bonds is 9. The van der Waals surface area contributed by atoms with E-state index in [2.05, 4.69) is 14.8 Å². The molecule has 0 spiro atoms. The average molecular weight is 539 g/mol. The van der Waals surface area contributed by atoms with E-state index in [1.807, 2.05) is 55.7 Å². The third-order valence-corrected chi connectivity index (χ3v) is 8.83. The van der Waals surface area contributed by atoms with Crippen molar-refractivity contribution in [2.24, 2.45) is 0 Å². The van der Waals surface area contributed by atoms with Crippen molar-refractivity contribution in [1.29, 1.82) is 0 Å². The van der Waals surface area contributed by atoms with Crippen LogP contribution in [-0.2, 0) is 21.3 Å². The summed E-state index contributed by atoms with van der Waals surface area (Å²) in [6.45, 7) is 3.65. The first-order valence-corrected chi connectivity index (χ1v) is 14.3. The highest BCUT2D eigenvalue weighted by molar-refractivity contribution is 7.89. The molecular weight excluding hydrogens is 504 g/mol. The van der Waals surface area contributed by atoms with Gasteiger partial charge in [-0.05, 0) is 61.5 Å². The highest BCUT2D eigenvalue weighted by Gasteiger charge is 2.28. The Hall–Kier alpha value is -3.18. The average Bonchev–Trinajstić information content (AvgIpc) is 3.46. The highest BCUT2D eigenvalue weighted by atomic mass is 32.2. The monoisotopic (exact) mass is 538 g/mol. The summed E-state index contributed by atoms with van der Waals surface area (Å²) in [5.41, 5.74) is 2.73. The van der Waals surface area contributed by atoms with Gasteiger partial charge in [0.1, 0.15) is 0 Å². The summed E-state index contributed by atoms with van der Waals surface area (Å²) in [6.07, 6.45) is 5.06. The molecule has 0 amide bonds. The molecule has 202 valence electrons. The Morgan fingerprint density at radius 1 is 1.03 bits per heavy atom. The summed E-state index contributed by atoms with van der Waals surface area (Å²) in [5.74, 6) is 1.22. The Labute approximate surface area is 224 Å². The number of benzene rings is 2. The van der Waals surface area contributed by atoms with E-state index < -0.39 is 10.0 Å². The summed E-state index contributed by atoms with van der Waals surface area (Å²) < 4.78 is 45.4. The first-order chi connectivity index (χ1) is 18.4. The topological polar surface area (TPSA) is 84.4 Å². The number of piperazine rings is 1. The molecule has 2 aromatic carbocycles. The maximum Gasteiger partial charge on any atom is 0.243 e. The van der Waals surface area contributed by atoms with Gasteiger partial charge >= 0.3 is 0 Å². The van der Waals surface area contributed by atoms with Crippen molar-refractivity contribution in [3.8, 4) is 11.5 Å². The predicted octanol–water partition coefficient (Wildman–Crippen LogP) is 3.88. The van der Waals surface area contributed by atoms with E-state index in [9.17, 15) is 8.42 Å². The molecule has 0 radical (unpaired) electrons. The number of ether oxygens (including phenoxy) is 3. The molecule has 0 saturated carbocycles. The molecule has 1 unspecified atom stereocenters. The van der Waals surface area contributed by atoms with E-state index in [0.29, 0.717) is 42.6 Å². The van der Waals surface area contributed by atoms with Gasteiger partial charge in [-0.2, -0.15) is 4.31 Å². The zero-order valence-corrected chi connectivity index (χ0v) is 22.6. The minimum atomic E-state index is -3.55. The minimum absolute atomic E-state index is 0.296. The van der Waals surface area contributed by atoms with Crippen molar-refractivity contribution in [2.45, 2.75) is 30.6 Å². The van der Waals surface area contributed by atoms with Crippen molar-refractivity contribution < 1.29 is 22.6 Å². The molecular formula is C28H34N4O5S. The Morgan fingerprint density at radius 2 is 1.79 bits per heavy atom. The van der Waals surface area contributed by atoms with Gasteiger partial charge in [0, 0.05) is 69.0 Å². The van der Waals surface area contributed by atoms with E-state index in [1.165, 1.54) is 0 Å². The van der Waals surface area contributed by atoms with Gasteiger partial charge in [0.05, 0.1) is 18.6 Å². The van der Waals surface area contributed by atoms with Crippen LogP contribution in [0.1, 0.15) is 18.4 Å². The van der Waals surface area contributed by atoms with E-state index in [-0.39, 0.29) is 6.29 Å². The van der Waals surface area contributed by atoms with Crippen LogP contribution in [0.2, 0.25) is 0 Å². The standard InChI is InChI=1S/C28H34N4O5S/c1-30-14-16-31(17-15-30)38(33,34)25-10-7-23(8-11-25)32(21-22-5-3-13-29-20-22)24-9-12-26(35-2)27(19-24)37-28-6-4-18-36-28/h3,5,7-13,19-20,28H,4,6,14-18,21H2,1-2H3. The summed E-state index contributed by atoms with van der Waals surface area (Å²) in [4.78, 5) is 8.80. The van der Waals surface area contributed by atoms with Crippen LogP contribution in [0.15, 0.2) is 71.9 Å². The number of pyridine rings is 1. The molecule has 10 heteroatoms. The van der Waals surface area contributed by atoms with Gasteiger partial charge < -0.3 is 24.0 Å². The van der Waals surface area contributed by atoms with Crippen molar-refractivity contribution >= 4 is 21.4 Å². The summed E-state index contributed by atoms with van der Waals surface area (Å²) in [6, 6.07) is 16.8. The van der Waals surface area contributed by atoms with Crippen LogP contribution < -0.4 is 14.4 Å². The summed E-state index contributed by atoms with van der Waals surface area (Å²) >= 11 is 0. The summed E-state index contributed by atoms with van der Waals surface area (Å²) in [5, 5.41) is 0. The molecule has 5 rings (SSSR count). The number of methoxy groups -OCH3 is 1. The third-order valence-electron chi connectivity index (χ3n) is 6.92. The van der Waals surface area contributed by atoms with E-state index in [4.69, 9.17) is 14.2 Å². The van der Waals surface area contributed by atoms with Crippen molar-refractivity contribution in [3.63, 3.8) is 0 Å². The maximum absolute atomic E-state index is 13.3. The number of sulfonamides is 1. The minimum Gasteiger partial charge on any atom is -0.493 e. The van der Waals surface area contributed by atoms with Crippen LogP contribution in [0.5, 0.6) is 11.5 Å². The Kier molecular flexibility index (Phi) is 8.13. The molecule has 2 aliphatic rings. The predicted molar refractivity (Wildman–Crippen MR) is 145 cm³/mol. The van der Waals surface area contributed by atoms with Crippen LogP contribution in [0.3, 0.4) is 0 Å². The molecule has 0 N–H and O–H groups in total. The fourth-order valence-electron chi connectivity index (χ4n) is 4.69. The third kappa shape index (κ3) is 5.94. The molecule has 9 nitrogen and oxygen atoms in total. The lowest BCUT2D eigenvalue weighted by Gasteiger charge is -2.31. The Bertz CT molecular complexity index is 1310. The Balaban J connectivity index is 1.46. The lowest BCUT2D eigenvalue weighted by atomic mass is 10.2. The van der Waals surface area contributed by atoms with Gasteiger partial charge in [-0.15, -0.1) is 0 Å². The summed E-state index contributed by atoms with van der Waals surface area (Å²) in [7, 11) is 0.0685. The van der Waals surface area contributed by atoms with Crippen molar-refractivity contribution in [1.82, 2.24) is 14.2 Å². The number of aromatic nitrogens is 1. The van der Waals surface area contributed by atoms with Crippen LogP contribution in [0.4, 0.5) is 11.4 Å². The molecule has 2 saturated heterocycles. The molecule has 3 aromatic rings. The van der Waals surface area contributed by atoms with Crippen LogP contribution in [0.25, 0.3) is 0 Å². The Morgan fingerprint density at radius 3 is 2.45 bits per heavy atom. The quantitative estimate of drug-likeness (QED) is 0.406. The molecule has 1 aromatic heterocycles. The number of nitrogens with zero attached hydrogens (tertiary/aromatic N) is 4. The van der Waals surface area contributed by atoms with Gasteiger partial charge in [0.15, 0.2) is 17.8 Å². The molecule has 0 aliphatic carbocycles. The number of anilines is 2. The zero-order valence-electron chi connectivity index (χ0n) is 21.8. The second-order valence-corrected chi connectivity index (χ2v) is 11.5. The second-order valence-electron chi connectivity index (χ2n) is 9.54. The van der Waals surface area contributed by atoms with Gasteiger partial charge in [0.25, 0.3) is 0 Å². The van der Waals surface area contributed by atoms with Crippen LogP contribution in [-0.4, -0.2) is 75.8 Å². The molecule has 1 atom stereocenters.